The van der Waals surface area contributed by atoms with E-state index in [0.29, 0.717) is 17.8 Å². The lowest BCUT2D eigenvalue weighted by atomic mass is 10.1. The van der Waals surface area contributed by atoms with Gasteiger partial charge in [0.25, 0.3) is 0 Å². The van der Waals surface area contributed by atoms with Crippen LogP contribution in [0.4, 0.5) is 5.69 Å². The molecule has 0 bridgehead atoms. The van der Waals surface area contributed by atoms with Crippen molar-refractivity contribution >= 4 is 17.4 Å². The number of nitrogens with zero attached hydrogens (tertiary/aromatic N) is 1. The fourth-order valence-corrected chi connectivity index (χ4v) is 1.32. The number of rotatable bonds is 4. The summed E-state index contributed by atoms with van der Waals surface area (Å²) in [5.41, 5.74) is 1.36. The highest BCUT2D eigenvalue weighted by Crippen LogP contribution is 2.10. The first-order valence-corrected chi connectivity index (χ1v) is 5.04. The zero-order chi connectivity index (χ0) is 12.1. The standard InChI is InChI=1S/C12H16N2O2/c1-9(15)13-11-6-4-10(5-7-11)12(16)8-14(2)3/h4-7H,8H2,1-3H3,(H,13,15). The van der Waals surface area contributed by atoms with Crippen LogP contribution in [-0.2, 0) is 4.79 Å². The molecule has 0 aliphatic rings. The first-order chi connectivity index (χ1) is 7.49. The van der Waals surface area contributed by atoms with Crippen molar-refractivity contribution in [2.75, 3.05) is 26.0 Å². The maximum Gasteiger partial charge on any atom is 0.221 e. The number of carbonyl (C=O) groups is 2. The number of ketones is 1. The van der Waals surface area contributed by atoms with E-state index in [1.165, 1.54) is 6.92 Å². The van der Waals surface area contributed by atoms with Gasteiger partial charge in [0.05, 0.1) is 6.54 Å². The Labute approximate surface area is 95.3 Å². The van der Waals surface area contributed by atoms with Gasteiger partial charge in [0, 0.05) is 18.2 Å². The Morgan fingerprint density at radius 1 is 1.19 bits per heavy atom. The van der Waals surface area contributed by atoms with E-state index in [0.717, 1.165) is 0 Å². The van der Waals surface area contributed by atoms with Crippen molar-refractivity contribution in [3.8, 4) is 0 Å². The van der Waals surface area contributed by atoms with Crippen molar-refractivity contribution in [3.05, 3.63) is 29.8 Å². The van der Waals surface area contributed by atoms with Crippen LogP contribution in [0.1, 0.15) is 17.3 Å². The monoisotopic (exact) mass is 220 g/mol. The summed E-state index contributed by atoms with van der Waals surface area (Å²) in [6.45, 7) is 1.84. The van der Waals surface area contributed by atoms with Crippen LogP contribution in [-0.4, -0.2) is 37.2 Å². The van der Waals surface area contributed by atoms with Crippen LogP contribution < -0.4 is 5.32 Å². The van der Waals surface area contributed by atoms with Gasteiger partial charge in [-0.15, -0.1) is 0 Å². The molecule has 4 nitrogen and oxygen atoms in total. The van der Waals surface area contributed by atoms with Crippen LogP contribution >= 0.6 is 0 Å². The Kier molecular flexibility index (Phi) is 4.19. The molecule has 0 spiro atoms. The van der Waals surface area contributed by atoms with Gasteiger partial charge in [0.15, 0.2) is 5.78 Å². The van der Waals surface area contributed by atoms with Crippen LogP contribution in [0, 0.1) is 0 Å². The summed E-state index contributed by atoms with van der Waals surface area (Å²) in [5.74, 6) is -0.0493. The van der Waals surface area contributed by atoms with Gasteiger partial charge in [-0.3, -0.25) is 9.59 Å². The molecule has 0 heterocycles. The molecule has 1 rings (SSSR count). The van der Waals surface area contributed by atoms with Crippen LogP contribution in [0.3, 0.4) is 0 Å². The van der Waals surface area contributed by atoms with Crippen molar-refractivity contribution in [3.63, 3.8) is 0 Å². The first kappa shape index (κ1) is 12.4. The number of hydrogen-bond donors (Lipinski definition) is 1. The average Bonchev–Trinajstić information content (AvgIpc) is 2.16. The fraction of sp³-hybridized carbons (Fsp3) is 0.333. The lowest BCUT2D eigenvalue weighted by Gasteiger charge is -2.08. The molecule has 86 valence electrons. The van der Waals surface area contributed by atoms with Gasteiger partial charge in [-0.25, -0.2) is 0 Å². The van der Waals surface area contributed by atoms with Gasteiger partial charge < -0.3 is 10.2 Å². The van der Waals surface area contributed by atoms with Crippen LogP contribution in [0.2, 0.25) is 0 Å². The summed E-state index contributed by atoms with van der Waals surface area (Å²) in [7, 11) is 3.70. The van der Waals surface area contributed by atoms with Gasteiger partial charge in [-0.05, 0) is 38.4 Å². The van der Waals surface area contributed by atoms with Crippen molar-refractivity contribution in [1.29, 1.82) is 0 Å². The van der Waals surface area contributed by atoms with E-state index in [2.05, 4.69) is 5.32 Å². The Hall–Kier alpha value is -1.68. The second-order valence-corrected chi connectivity index (χ2v) is 3.92. The predicted molar refractivity (Wildman–Crippen MR) is 63.6 cm³/mol. The topological polar surface area (TPSA) is 49.4 Å². The maximum absolute atomic E-state index is 11.7. The number of benzene rings is 1. The fourth-order valence-electron chi connectivity index (χ4n) is 1.32. The van der Waals surface area contributed by atoms with Crippen LogP contribution in [0.15, 0.2) is 24.3 Å². The van der Waals surface area contributed by atoms with Gasteiger partial charge in [-0.1, -0.05) is 0 Å². The molecule has 0 unspecified atom stereocenters. The largest absolute Gasteiger partial charge is 0.326 e. The molecule has 0 aromatic heterocycles. The average molecular weight is 220 g/mol. The number of hydrogen-bond acceptors (Lipinski definition) is 3. The molecule has 0 radical (unpaired) electrons. The van der Waals surface area contributed by atoms with Crippen molar-refractivity contribution in [2.24, 2.45) is 0 Å². The summed E-state index contributed by atoms with van der Waals surface area (Å²) >= 11 is 0. The number of Topliss-reactive ketones (excluding diaryl/α,β-unsaturated/α-hetero) is 1. The van der Waals surface area contributed by atoms with E-state index < -0.39 is 0 Å². The Morgan fingerprint density at radius 2 is 1.75 bits per heavy atom. The molecule has 0 saturated carbocycles. The van der Waals surface area contributed by atoms with E-state index in [1.54, 1.807) is 24.3 Å². The molecule has 0 aliphatic carbocycles. The first-order valence-electron chi connectivity index (χ1n) is 5.04. The number of anilines is 1. The SMILES string of the molecule is CC(=O)Nc1ccc(C(=O)CN(C)C)cc1. The molecule has 0 saturated heterocycles. The second kappa shape index (κ2) is 5.42. The van der Waals surface area contributed by atoms with E-state index in [4.69, 9.17) is 0 Å². The van der Waals surface area contributed by atoms with Crippen LogP contribution in [0.5, 0.6) is 0 Å². The molecule has 0 fully saturated rings. The molecule has 0 aliphatic heterocycles. The number of carbonyl (C=O) groups excluding carboxylic acids is 2. The van der Waals surface area contributed by atoms with E-state index >= 15 is 0 Å². The van der Waals surface area contributed by atoms with E-state index in [1.807, 2.05) is 19.0 Å². The Balaban J connectivity index is 2.71. The highest BCUT2D eigenvalue weighted by Gasteiger charge is 2.06. The van der Waals surface area contributed by atoms with Crippen molar-refractivity contribution in [2.45, 2.75) is 6.92 Å². The highest BCUT2D eigenvalue weighted by atomic mass is 16.1. The molecule has 4 heteroatoms. The van der Waals surface area contributed by atoms with Crippen molar-refractivity contribution in [1.82, 2.24) is 4.90 Å². The molecule has 0 atom stereocenters. The van der Waals surface area contributed by atoms with E-state index in [9.17, 15) is 9.59 Å². The Morgan fingerprint density at radius 3 is 2.19 bits per heavy atom. The third kappa shape index (κ3) is 3.82. The number of amides is 1. The molecular formula is C12H16N2O2. The zero-order valence-electron chi connectivity index (χ0n) is 9.78. The third-order valence-corrected chi connectivity index (χ3v) is 1.99. The number of likely N-dealkylation sites (N-methyl/N-ethyl adjacent to an activating group) is 1. The minimum Gasteiger partial charge on any atom is -0.326 e. The third-order valence-electron chi connectivity index (χ3n) is 1.99. The summed E-state index contributed by atoms with van der Waals surface area (Å²) in [6, 6.07) is 6.89. The van der Waals surface area contributed by atoms with Crippen LogP contribution in [0.25, 0.3) is 0 Å². The van der Waals surface area contributed by atoms with E-state index in [-0.39, 0.29) is 11.7 Å². The molecule has 1 aromatic carbocycles. The van der Waals surface area contributed by atoms with Gasteiger partial charge in [0.1, 0.15) is 0 Å². The summed E-state index contributed by atoms with van der Waals surface area (Å²) in [5, 5.41) is 2.65. The molecule has 16 heavy (non-hydrogen) atoms. The zero-order valence-corrected chi connectivity index (χ0v) is 9.78. The summed E-state index contributed by atoms with van der Waals surface area (Å²) in [6.07, 6.45) is 0. The normalized spacial score (nSPS) is 10.2. The molecular weight excluding hydrogens is 204 g/mol. The molecule has 1 amide bonds. The quantitative estimate of drug-likeness (QED) is 0.780. The lowest BCUT2D eigenvalue weighted by Crippen LogP contribution is -2.21. The maximum atomic E-state index is 11.7. The smallest absolute Gasteiger partial charge is 0.221 e. The molecule has 1 N–H and O–H groups in total. The Bertz CT molecular complexity index is 383. The highest BCUT2D eigenvalue weighted by molar-refractivity contribution is 5.98. The number of nitrogens with one attached hydrogen (secondary N) is 1. The van der Waals surface area contributed by atoms with Gasteiger partial charge in [0.2, 0.25) is 5.91 Å². The second-order valence-electron chi connectivity index (χ2n) is 3.92. The summed E-state index contributed by atoms with van der Waals surface area (Å²) < 4.78 is 0. The summed E-state index contributed by atoms with van der Waals surface area (Å²) in [4.78, 5) is 24.3. The van der Waals surface area contributed by atoms with Gasteiger partial charge in [-0.2, -0.15) is 0 Å². The minimum atomic E-state index is -0.118. The lowest BCUT2D eigenvalue weighted by molar-refractivity contribution is -0.114. The predicted octanol–water partition coefficient (Wildman–Crippen LogP) is 1.39. The minimum absolute atomic E-state index is 0.0689. The van der Waals surface area contributed by atoms with Crippen molar-refractivity contribution < 1.29 is 9.59 Å². The van der Waals surface area contributed by atoms with Gasteiger partial charge >= 0.3 is 0 Å². The molecule has 1 aromatic rings.